The van der Waals surface area contributed by atoms with E-state index in [4.69, 9.17) is 0 Å². The number of aromatic nitrogens is 5. The zero-order chi connectivity index (χ0) is 20.9. The van der Waals surface area contributed by atoms with Gasteiger partial charge in [-0.1, -0.05) is 36.4 Å². The van der Waals surface area contributed by atoms with Gasteiger partial charge in [0.15, 0.2) is 0 Å². The second-order valence-electron chi connectivity index (χ2n) is 6.79. The Kier molecular flexibility index (Phi) is 5.51. The van der Waals surface area contributed by atoms with E-state index in [1.54, 1.807) is 31.3 Å². The molecule has 0 aliphatic carbocycles. The van der Waals surface area contributed by atoms with Crippen LogP contribution in [0.4, 0.5) is 11.8 Å². The standard InChI is InChI=1S/C21H21N7O2/c1-14-16(10-11-18(29)25-17-9-5-6-12-22-17)19(30)28-21(24-14)26-20(27-28)23-13-15-7-3-2-4-8-15/h2-9,12H,10-11,13H2,1H3,(H,22,25,29)(H2,23,24,26,27). The van der Waals surface area contributed by atoms with E-state index in [9.17, 15) is 9.59 Å². The molecule has 0 aliphatic heterocycles. The number of benzene rings is 1. The molecule has 0 radical (unpaired) electrons. The predicted octanol–water partition coefficient (Wildman–Crippen LogP) is 2.30. The number of amides is 1. The number of H-pyrrole nitrogens is 1. The van der Waals surface area contributed by atoms with Crippen molar-refractivity contribution in [2.75, 3.05) is 10.6 Å². The lowest BCUT2D eigenvalue weighted by Gasteiger charge is -2.06. The molecule has 3 N–H and O–H groups in total. The Balaban J connectivity index is 1.47. The molecule has 1 amide bonds. The number of carbonyl (C=O) groups excluding carboxylic acids is 1. The van der Waals surface area contributed by atoms with Crippen molar-refractivity contribution in [1.82, 2.24) is 24.6 Å². The molecule has 9 nitrogen and oxygen atoms in total. The number of aryl methyl sites for hydroxylation is 1. The Hall–Kier alpha value is -4.01. The molecule has 30 heavy (non-hydrogen) atoms. The van der Waals surface area contributed by atoms with Crippen molar-refractivity contribution in [3.05, 3.63) is 81.9 Å². The lowest BCUT2D eigenvalue weighted by atomic mass is 10.1. The van der Waals surface area contributed by atoms with Crippen LogP contribution in [-0.2, 0) is 17.8 Å². The Morgan fingerprint density at radius 3 is 2.67 bits per heavy atom. The van der Waals surface area contributed by atoms with Crippen LogP contribution in [0.25, 0.3) is 5.78 Å². The molecule has 4 rings (SSSR count). The maximum Gasteiger partial charge on any atom is 0.277 e. The van der Waals surface area contributed by atoms with Gasteiger partial charge in [0.2, 0.25) is 11.9 Å². The van der Waals surface area contributed by atoms with Gasteiger partial charge in [-0.15, -0.1) is 0 Å². The van der Waals surface area contributed by atoms with Crippen LogP contribution < -0.4 is 16.2 Å². The molecule has 0 unspecified atom stereocenters. The SMILES string of the molecule is Cc1nc2nc(NCc3ccccc3)[nH]n2c(=O)c1CCC(=O)Nc1ccccn1. The molecule has 3 aromatic heterocycles. The fraction of sp³-hybridized carbons (Fsp3) is 0.190. The lowest BCUT2D eigenvalue weighted by molar-refractivity contribution is -0.116. The number of nitrogens with zero attached hydrogens (tertiary/aromatic N) is 4. The Bertz CT molecular complexity index is 1220. The summed E-state index contributed by atoms with van der Waals surface area (Å²) in [5.74, 6) is 1.00. The third-order valence-corrected chi connectivity index (χ3v) is 4.63. The van der Waals surface area contributed by atoms with Gasteiger partial charge in [0.25, 0.3) is 11.3 Å². The first-order chi connectivity index (χ1) is 14.6. The van der Waals surface area contributed by atoms with Crippen LogP contribution in [0.2, 0.25) is 0 Å². The van der Waals surface area contributed by atoms with Crippen molar-refractivity contribution >= 4 is 23.5 Å². The smallest absolute Gasteiger partial charge is 0.277 e. The summed E-state index contributed by atoms with van der Waals surface area (Å²) in [6, 6.07) is 15.1. The van der Waals surface area contributed by atoms with Gasteiger partial charge in [-0.3, -0.25) is 14.7 Å². The molecule has 0 spiro atoms. The summed E-state index contributed by atoms with van der Waals surface area (Å²) >= 11 is 0. The quantitative estimate of drug-likeness (QED) is 0.436. The first kappa shape index (κ1) is 19.3. The van der Waals surface area contributed by atoms with Crippen molar-refractivity contribution in [3.8, 4) is 0 Å². The summed E-state index contributed by atoms with van der Waals surface area (Å²) in [6.07, 6.45) is 2.02. The number of nitrogens with one attached hydrogen (secondary N) is 3. The van der Waals surface area contributed by atoms with Crippen molar-refractivity contribution in [1.29, 1.82) is 0 Å². The van der Waals surface area contributed by atoms with Gasteiger partial charge in [-0.05, 0) is 31.0 Å². The zero-order valence-electron chi connectivity index (χ0n) is 16.4. The van der Waals surface area contributed by atoms with Crippen LogP contribution in [0.3, 0.4) is 0 Å². The molecule has 152 valence electrons. The zero-order valence-corrected chi connectivity index (χ0v) is 16.4. The van der Waals surface area contributed by atoms with Crippen molar-refractivity contribution in [3.63, 3.8) is 0 Å². The molecule has 0 fully saturated rings. The molecule has 3 heterocycles. The number of pyridine rings is 1. The number of fused-ring (bicyclic) bond motifs is 1. The largest absolute Gasteiger partial charge is 0.351 e. The van der Waals surface area contributed by atoms with Gasteiger partial charge in [0.05, 0.1) is 5.69 Å². The van der Waals surface area contributed by atoms with E-state index in [1.807, 2.05) is 30.3 Å². The molecule has 0 atom stereocenters. The molecular formula is C21H21N7O2. The van der Waals surface area contributed by atoms with E-state index in [0.717, 1.165) is 5.56 Å². The van der Waals surface area contributed by atoms with E-state index < -0.39 is 0 Å². The van der Waals surface area contributed by atoms with E-state index in [2.05, 4.69) is 30.7 Å². The summed E-state index contributed by atoms with van der Waals surface area (Å²) in [5, 5.41) is 8.81. The lowest BCUT2D eigenvalue weighted by Crippen LogP contribution is -2.23. The average Bonchev–Trinajstić information content (AvgIpc) is 3.16. The number of anilines is 2. The molecule has 0 saturated carbocycles. The summed E-state index contributed by atoms with van der Waals surface area (Å²) < 4.78 is 1.30. The molecule has 4 aromatic rings. The number of rotatable bonds is 7. The summed E-state index contributed by atoms with van der Waals surface area (Å²) in [5.41, 5.74) is 1.87. The minimum Gasteiger partial charge on any atom is -0.351 e. The van der Waals surface area contributed by atoms with Gasteiger partial charge in [-0.2, -0.15) is 9.50 Å². The van der Waals surface area contributed by atoms with Gasteiger partial charge in [0.1, 0.15) is 5.82 Å². The van der Waals surface area contributed by atoms with E-state index in [1.165, 1.54) is 4.52 Å². The second kappa shape index (κ2) is 8.56. The first-order valence-electron chi connectivity index (χ1n) is 9.57. The fourth-order valence-electron chi connectivity index (χ4n) is 3.08. The summed E-state index contributed by atoms with van der Waals surface area (Å²) in [7, 11) is 0. The van der Waals surface area contributed by atoms with Crippen LogP contribution in [0, 0.1) is 6.92 Å². The maximum atomic E-state index is 12.9. The minimum absolute atomic E-state index is 0.146. The normalized spacial score (nSPS) is 10.8. The van der Waals surface area contributed by atoms with Gasteiger partial charge in [0, 0.05) is 24.7 Å². The van der Waals surface area contributed by atoms with Crippen molar-refractivity contribution in [2.45, 2.75) is 26.3 Å². The number of hydrogen-bond acceptors (Lipinski definition) is 6. The number of carbonyl (C=O) groups is 1. The van der Waals surface area contributed by atoms with Crippen LogP contribution >= 0.6 is 0 Å². The predicted molar refractivity (Wildman–Crippen MR) is 113 cm³/mol. The monoisotopic (exact) mass is 403 g/mol. The van der Waals surface area contributed by atoms with E-state index in [-0.39, 0.29) is 30.1 Å². The molecular weight excluding hydrogens is 382 g/mol. The molecule has 0 aliphatic rings. The highest BCUT2D eigenvalue weighted by Crippen LogP contribution is 2.09. The first-order valence-corrected chi connectivity index (χ1v) is 9.57. The Morgan fingerprint density at radius 2 is 1.90 bits per heavy atom. The Labute approximate surface area is 172 Å². The van der Waals surface area contributed by atoms with Crippen LogP contribution in [-0.4, -0.2) is 30.5 Å². The van der Waals surface area contributed by atoms with Gasteiger partial charge < -0.3 is 10.6 Å². The van der Waals surface area contributed by atoms with E-state index in [0.29, 0.717) is 29.6 Å². The molecule has 0 bridgehead atoms. The van der Waals surface area contributed by atoms with Crippen LogP contribution in [0.5, 0.6) is 0 Å². The second-order valence-corrected chi connectivity index (χ2v) is 6.79. The van der Waals surface area contributed by atoms with E-state index >= 15 is 0 Å². The summed E-state index contributed by atoms with van der Waals surface area (Å²) in [6.45, 7) is 2.31. The van der Waals surface area contributed by atoms with Gasteiger partial charge in [-0.25, -0.2) is 9.97 Å². The minimum atomic E-state index is -0.261. The molecule has 9 heteroatoms. The van der Waals surface area contributed by atoms with Crippen LogP contribution in [0.15, 0.2) is 59.5 Å². The Morgan fingerprint density at radius 1 is 1.10 bits per heavy atom. The number of aromatic amines is 1. The highest BCUT2D eigenvalue weighted by molar-refractivity contribution is 5.89. The maximum absolute atomic E-state index is 12.9. The topological polar surface area (TPSA) is 117 Å². The summed E-state index contributed by atoms with van der Waals surface area (Å²) in [4.78, 5) is 37.9. The van der Waals surface area contributed by atoms with Gasteiger partial charge >= 0.3 is 0 Å². The fourth-order valence-corrected chi connectivity index (χ4v) is 3.08. The third-order valence-electron chi connectivity index (χ3n) is 4.63. The van der Waals surface area contributed by atoms with Crippen LogP contribution in [0.1, 0.15) is 23.2 Å². The van der Waals surface area contributed by atoms with Crippen molar-refractivity contribution in [2.24, 2.45) is 0 Å². The average molecular weight is 403 g/mol. The third kappa shape index (κ3) is 4.35. The molecule has 1 aromatic carbocycles. The molecule has 0 saturated heterocycles. The highest BCUT2D eigenvalue weighted by atomic mass is 16.1. The highest BCUT2D eigenvalue weighted by Gasteiger charge is 2.15. The van der Waals surface area contributed by atoms with Crippen molar-refractivity contribution < 1.29 is 4.79 Å². The number of hydrogen-bond donors (Lipinski definition) is 3.